The molecule has 5 nitrogen and oxygen atoms in total. The highest BCUT2D eigenvalue weighted by molar-refractivity contribution is 6.28. The summed E-state index contributed by atoms with van der Waals surface area (Å²) in [5.41, 5.74) is 1.85. The molecular formula is C14H11ClN4O. The molecule has 0 aliphatic heterocycles. The third kappa shape index (κ3) is 2.48. The lowest BCUT2D eigenvalue weighted by Gasteiger charge is -2.01. The van der Waals surface area contributed by atoms with Gasteiger partial charge in [-0.25, -0.2) is 9.67 Å². The van der Waals surface area contributed by atoms with Crippen molar-refractivity contribution in [3.8, 4) is 22.8 Å². The van der Waals surface area contributed by atoms with Crippen molar-refractivity contribution < 1.29 is 4.74 Å². The van der Waals surface area contributed by atoms with Crippen LogP contribution in [0.3, 0.4) is 0 Å². The Morgan fingerprint density at radius 2 is 1.90 bits per heavy atom. The highest BCUT2D eigenvalue weighted by Crippen LogP contribution is 2.21. The van der Waals surface area contributed by atoms with E-state index in [-0.39, 0.29) is 5.28 Å². The van der Waals surface area contributed by atoms with E-state index in [1.165, 1.54) is 0 Å². The summed E-state index contributed by atoms with van der Waals surface area (Å²) in [6, 6.07) is 11.4. The summed E-state index contributed by atoms with van der Waals surface area (Å²) in [4.78, 5) is 7.96. The quantitative estimate of drug-likeness (QED) is 0.695. The van der Waals surface area contributed by atoms with Gasteiger partial charge in [0, 0.05) is 24.0 Å². The van der Waals surface area contributed by atoms with Gasteiger partial charge in [0.2, 0.25) is 5.28 Å². The largest absolute Gasteiger partial charge is 0.497 e. The van der Waals surface area contributed by atoms with Crippen LogP contribution in [0.5, 0.6) is 5.75 Å². The summed E-state index contributed by atoms with van der Waals surface area (Å²) in [7, 11) is 1.64. The lowest BCUT2D eigenvalue weighted by molar-refractivity contribution is 0.415. The summed E-state index contributed by atoms with van der Waals surface area (Å²) in [5.74, 6) is 1.44. The molecule has 2 aromatic heterocycles. The molecule has 3 rings (SSSR count). The van der Waals surface area contributed by atoms with Gasteiger partial charge in [-0.05, 0) is 41.9 Å². The Balaban J connectivity index is 1.93. The van der Waals surface area contributed by atoms with Crippen LogP contribution in [0.25, 0.3) is 17.1 Å². The Morgan fingerprint density at radius 1 is 1.10 bits per heavy atom. The molecule has 0 fully saturated rings. The molecule has 6 heteroatoms. The van der Waals surface area contributed by atoms with E-state index in [9.17, 15) is 0 Å². The summed E-state index contributed by atoms with van der Waals surface area (Å²) in [5, 5.41) is 4.67. The first-order valence-electron chi connectivity index (χ1n) is 5.95. The average Bonchev–Trinajstić information content (AvgIpc) is 2.97. The van der Waals surface area contributed by atoms with Crippen molar-refractivity contribution in [1.82, 2.24) is 19.7 Å². The molecule has 0 amide bonds. The van der Waals surface area contributed by atoms with Crippen molar-refractivity contribution in [2.75, 3.05) is 7.11 Å². The van der Waals surface area contributed by atoms with E-state index in [1.54, 1.807) is 24.1 Å². The van der Waals surface area contributed by atoms with Gasteiger partial charge in [0.15, 0.2) is 5.82 Å². The zero-order valence-corrected chi connectivity index (χ0v) is 11.4. The number of hydrogen-bond donors (Lipinski definition) is 0. The van der Waals surface area contributed by atoms with Gasteiger partial charge in [0.05, 0.1) is 12.8 Å². The molecule has 0 aliphatic rings. The van der Waals surface area contributed by atoms with Gasteiger partial charge < -0.3 is 4.74 Å². The molecule has 0 spiro atoms. The molecule has 0 saturated carbocycles. The molecule has 20 heavy (non-hydrogen) atoms. The molecule has 0 bridgehead atoms. The van der Waals surface area contributed by atoms with Crippen molar-refractivity contribution in [3.63, 3.8) is 0 Å². The molecule has 0 unspecified atom stereocenters. The number of halogens is 1. The zero-order valence-electron chi connectivity index (χ0n) is 10.7. The minimum Gasteiger partial charge on any atom is -0.497 e. The lowest BCUT2D eigenvalue weighted by atomic mass is 10.1. The molecule has 3 aromatic rings. The van der Waals surface area contributed by atoms with E-state index in [4.69, 9.17) is 16.3 Å². The van der Waals surface area contributed by atoms with Crippen molar-refractivity contribution in [1.29, 1.82) is 0 Å². The molecule has 0 radical (unpaired) electrons. The minimum absolute atomic E-state index is 0.198. The highest BCUT2D eigenvalue weighted by atomic mass is 35.5. The van der Waals surface area contributed by atoms with Crippen molar-refractivity contribution >= 4 is 11.6 Å². The van der Waals surface area contributed by atoms with Gasteiger partial charge in [0.1, 0.15) is 5.75 Å². The molecule has 0 saturated heterocycles. The molecule has 100 valence electrons. The van der Waals surface area contributed by atoms with Gasteiger partial charge in [-0.15, -0.1) is 0 Å². The fourth-order valence-corrected chi connectivity index (χ4v) is 1.96. The third-order valence-corrected chi connectivity index (χ3v) is 3.00. The second-order valence-electron chi connectivity index (χ2n) is 4.06. The zero-order chi connectivity index (χ0) is 13.9. The van der Waals surface area contributed by atoms with Crippen molar-refractivity contribution in [2.24, 2.45) is 0 Å². The lowest BCUT2D eigenvalue weighted by Crippen LogP contribution is -1.99. The predicted octanol–water partition coefficient (Wildman–Crippen LogP) is 2.99. The Bertz CT molecular complexity index is 724. The van der Waals surface area contributed by atoms with Crippen LogP contribution in [-0.2, 0) is 0 Å². The van der Waals surface area contributed by atoms with E-state index in [1.807, 2.05) is 36.5 Å². The van der Waals surface area contributed by atoms with Crippen LogP contribution in [0.2, 0.25) is 5.28 Å². The molecule has 0 atom stereocenters. The third-order valence-electron chi connectivity index (χ3n) is 2.82. The van der Waals surface area contributed by atoms with E-state index in [2.05, 4.69) is 15.1 Å². The number of ether oxygens (including phenoxy) is 1. The fourth-order valence-electron chi connectivity index (χ4n) is 1.82. The van der Waals surface area contributed by atoms with Gasteiger partial charge in [-0.2, -0.15) is 10.1 Å². The van der Waals surface area contributed by atoms with Gasteiger partial charge in [-0.1, -0.05) is 0 Å². The molecule has 0 N–H and O–H groups in total. The predicted molar refractivity (Wildman–Crippen MR) is 76.2 cm³/mol. The summed E-state index contributed by atoms with van der Waals surface area (Å²) in [6.45, 7) is 0. The SMILES string of the molecule is COc1ccc(-c2ccn(-c3ccnc(Cl)n3)n2)cc1. The van der Waals surface area contributed by atoms with Crippen LogP contribution in [0.1, 0.15) is 0 Å². The van der Waals surface area contributed by atoms with Gasteiger partial charge in [0.25, 0.3) is 0 Å². The maximum Gasteiger partial charge on any atom is 0.224 e. The maximum absolute atomic E-state index is 5.77. The number of benzene rings is 1. The smallest absolute Gasteiger partial charge is 0.224 e. The second-order valence-corrected chi connectivity index (χ2v) is 4.40. The summed E-state index contributed by atoms with van der Waals surface area (Å²) in [6.07, 6.45) is 3.43. The van der Waals surface area contributed by atoms with Crippen LogP contribution >= 0.6 is 11.6 Å². The van der Waals surface area contributed by atoms with Crippen molar-refractivity contribution in [3.05, 3.63) is 54.1 Å². The van der Waals surface area contributed by atoms with Crippen LogP contribution in [-0.4, -0.2) is 26.9 Å². The van der Waals surface area contributed by atoms with Crippen LogP contribution in [0.15, 0.2) is 48.8 Å². The first-order chi connectivity index (χ1) is 9.76. The maximum atomic E-state index is 5.77. The van der Waals surface area contributed by atoms with Gasteiger partial charge >= 0.3 is 0 Å². The number of hydrogen-bond acceptors (Lipinski definition) is 4. The Morgan fingerprint density at radius 3 is 2.60 bits per heavy atom. The Labute approximate surface area is 120 Å². The number of nitrogens with zero attached hydrogens (tertiary/aromatic N) is 4. The van der Waals surface area contributed by atoms with Crippen molar-refractivity contribution in [2.45, 2.75) is 0 Å². The highest BCUT2D eigenvalue weighted by Gasteiger charge is 2.05. The monoisotopic (exact) mass is 286 g/mol. The Kier molecular flexibility index (Phi) is 3.35. The standard InChI is InChI=1S/C14H11ClN4O/c1-20-11-4-2-10(3-5-11)12-7-9-19(18-12)13-6-8-16-14(15)17-13/h2-9H,1H3. The summed E-state index contributed by atoms with van der Waals surface area (Å²) >= 11 is 5.77. The van der Waals surface area contributed by atoms with Crippen LogP contribution in [0.4, 0.5) is 0 Å². The number of aromatic nitrogens is 4. The van der Waals surface area contributed by atoms with E-state index in [0.29, 0.717) is 5.82 Å². The van der Waals surface area contributed by atoms with Crippen LogP contribution in [0, 0.1) is 0 Å². The molecule has 2 heterocycles. The number of rotatable bonds is 3. The topological polar surface area (TPSA) is 52.8 Å². The Hall–Kier alpha value is -2.40. The van der Waals surface area contributed by atoms with Crippen LogP contribution < -0.4 is 4.74 Å². The minimum atomic E-state index is 0.198. The first-order valence-corrected chi connectivity index (χ1v) is 6.33. The second kappa shape index (κ2) is 5.30. The molecule has 1 aromatic carbocycles. The number of methoxy groups -OCH3 is 1. The fraction of sp³-hybridized carbons (Fsp3) is 0.0714. The van der Waals surface area contributed by atoms with E-state index >= 15 is 0 Å². The van der Waals surface area contributed by atoms with E-state index in [0.717, 1.165) is 17.0 Å². The normalized spacial score (nSPS) is 10.5. The first kappa shape index (κ1) is 12.6. The average molecular weight is 287 g/mol. The summed E-state index contributed by atoms with van der Waals surface area (Å²) < 4.78 is 6.80. The molecular weight excluding hydrogens is 276 g/mol. The van der Waals surface area contributed by atoms with E-state index < -0.39 is 0 Å². The molecule has 0 aliphatic carbocycles. The van der Waals surface area contributed by atoms with Gasteiger partial charge in [-0.3, -0.25) is 0 Å².